The number of aromatic carboxylic acids is 1. The van der Waals surface area contributed by atoms with E-state index in [-0.39, 0.29) is 17.4 Å². The number of hydrogen-bond acceptors (Lipinski definition) is 3. The van der Waals surface area contributed by atoms with E-state index in [4.69, 9.17) is 5.11 Å². The van der Waals surface area contributed by atoms with Gasteiger partial charge in [0.1, 0.15) is 5.00 Å². The lowest BCUT2D eigenvalue weighted by Gasteiger charge is -2.05. The summed E-state index contributed by atoms with van der Waals surface area (Å²) in [5.41, 5.74) is 0.223. The Kier molecular flexibility index (Phi) is 3.09. The quantitative estimate of drug-likeness (QED) is 0.890. The molecule has 0 bridgehead atoms. The van der Waals surface area contributed by atoms with Gasteiger partial charge in [0.05, 0.1) is 5.56 Å². The molecule has 2 atom stereocenters. The molecular formula is C14H17NO3S. The highest BCUT2D eigenvalue weighted by Gasteiger charge is 2.56. The molecule has 2 saturated carbocycles. The van der Waals surface area contributed by atoms with E-state index in [2.05, 4.69) is 5.32 Å². The fourth-order valence-electron chi connectivity index (χ4n) is 3.27. The predicted molar refractivity (Wildman–Crippen MR) is 73.6 cm³/mol. The third-order valence-corrected chi connectivity index (χ3v) is 5.50. The molecule has 2 fully saturated rings. The second kappa shape index (κ2) is 4.63. The van der Waals surface area contributed by atoms with Crippen LogP contribution in [-0.4, -0.2) is 17.0 Å². The van der Waals surface area contributed by atoms with Gasteiger partial charge in [0.2, 0.25) is 5.91 Å². The predicted octanol–water partition coefficient (Wildman–Crippen LogP) is 2.99. The molecule has 0 aliphatic heterocycles. The van der Waals surface area contributed by atoms with Crippen molar-refractivity contribution in [2.24, 2.45) is 17.8 Å². The number of anilines is 1. The van der Waals surface area contributed by atoms with E-state index in [9.17, 15) is 9.59 Å². The van der Waals surface area contributed by atoms with Crippen molar-refractivity contribution in [1.82, 2.24) is 0 Å². The highest BCUT2D eigenvalue weighted by Crippen LogP contribution is 2.57. The van der Waals surface area contributed by atoms with E-state index >= 15 is 0 Å². The number of thiophene rings is 1. The Balaban J connectivity index is 1.74. The summed E-state index contributed by atoms with van der Waals surface area (Å²) in [5.74, 6) is 0.282. The molecule has 2 aliphatic rings. The monoisotopic (exact) mass is 279 g/mol. The fourth-order valence-corrected chi connectivity index (χ4v) is 4.26. The molecule has 0 aromatic carbocycles. The van der Waals surface area contributed by atoms with Crippen LogP contribution in [0.25, 0.3) is 0 Å². The third kappa shape index (κ3) is 2.16. The number of fused-ring (bicyclic) bond motifs is 1. The molecule has 1 amide bonds. The van der Waals surface area contributed by atoms with Crippen LogP contribution in [-0.2, 0) is 11.2 Å². The highest BCUT2D eigenvalue weighted by molar-refractivity contribution is 7.16. The first-order valence-corrected chi connectivity index (χ1v) is 7.60. The molecule has 3 rings (SSSR count). The molecule has 0 spiro atoms. The zero-order valence-electron chi connectivity index (χ0n) is 10.8. The van der Waals surface area contributed by atoms with Gasteiger partial charge in [-0.05, 0) is 37.2 Å². The van der Waals surface area contributed by atoms with Crippen LogP contribution in [0.15, 0.2) is 6.07 Å². The third-order valence-electron chi connectivity index (χ3n) is 4.31. The minimum absolute atomic E-state index is 0.0155. The molecule has 1 aromatic heterocycles. The number of carboxylic acid groups (broad SMARTS) is 1. The second-order valence-electron chi connectivity index (χ2n) is 5.39. The zero-order valence-corrected chi connectivity index (χ0v) is 11.6. The maximum Gasteiger partial charge on any atom is 0.338 e. The van der Waals surface area contributed by atoms with Gasteiger partial charge >= 0.3 is 5.97 Å². The summed E-state index contributed by atoms with van der Waals surface area (Å²) in [5, 5.41) is 12.5. The minimum atomic E-state index is -0.970. The first-order valence-electron chi connectivity index (χ1n) is 6.78. The summed E-state index contributed by atoms with van der Waals surface area (Å²) in [4.78, 5) is 24.3. The van der Waals surface area contributed by atoms with Crippen LogP contribution in [0.3, 0.4) is 0 Å². The Morgan fingerprint density at radius 2 is 2.11 bits per heavy atom. The lowest BCUT2D eigenvalue weighted by Crippen LogP contribution is -2.17. The second-order valence-corrected chi connectivity index (χ2v) is 6.52. The minimum Gasteiger partial charge on any atom is -0.478 e. The maximum absolute atomic E-state index is 12.2. The first-order chi connectivity index (χ1) is 9.11. The molecule has 2 N–H and O–H groups in total. The van der Waals surface area contributed by atoms with Crippen LogP contribution >= 0.6 is 11.3 Å². The smallest absolute Gasteiger partial charge is 0.338 e. The van der Waals surface area contributed by atoms with Gasteiger partial charge < -0.3 is 10.4 Å². The van der Waals surface area contributed by atoms with Crippen LogP contribution in [0, 0.1) is 17.8 Å². The number of rotatable bonds is 4. The normalized spacial score (nSPS) is 27.9. The molecular weight excluding hydrogens is 262 g/mol. The molecule has 19 heavy (non-hydrogen) atoms. The van der Waals surface area contributed by atoms with Gasteiger partial charge in [-0.1, -0.05) is 13.3 Å². The number of hydrogen-bond donors (Lipinski definition) is 2. The van der Waals surface area contributed by atoms with Gasteiger partial charge in [0, 0.05) is 10.8 Å². The standard InChI is InChI=1S/C14H17NO3S/c1-2-7-6-10(14(17)18)13(19-7)15-12(16)11-8-4-3-5-9(8)11/h6,8-9,11H,2-5H2,1H3,(H,15,16)(H,17,18). The molecule has 1 aromatic rings. The molecule has 4 nitrogen and oxygen atoms in total. The lowest BCUT2D eigenvalue weighted by molar-refractivity contribution is -0.118. The summed E-state index contributed by atoms with van der Waals surface area (Å²) >= 11 is 1.38. The van der Waals surface area contributed by atoms with Crippen LogP contribution in [0.2, 0.25) is 0 Å². The van der Waals surface area contributed by atoms with Gasteiger partial charge in [-0.3, -0.25) is 4.79 Å². The van der Waals surface area contributed by atoms with Gasteiger partial charge in [0.15, 0.2) is 0 Å². The number of nitrogens with one attached hydrogen (secondary N) is 1. The average Bonchev–Trinajstić information content (AvgIpc) is 2.78. The van der Waals surface area contributed by atoms with Gasteiger partial charge in [-0.15, -0.1) is 11.3 Å². The van der Waals surface area contributed by atoms with Crippen molar-refractivity contribution in [3.63, 3.8) is 0 Å². The van der Waals surface area contributed by atoms with Crippen LogP contribution < -0.4 is 5.32 Å². The first kappa shape index (κ1) is 12.7. The Morgan fingerprint density at radius 1 is 1.42 bits per heavy atom. The Bertz CT molecular complexity index is 527. The van der Waals surface area contributed by atoms with Gasteiger partial charge in [0.25, 0.3) is 0 Å². The topological polar surface area (TPSA) is 66.4 Å². The van der Waals surface area contributed by atoms with E-state index in [1.165, 1.54) is 17.8 Å². The van der Waals surface area contributed by atoms with Crippen molar-refractivity contribution in [3.05, 3.63) is 16.5 Å². The number of aryl methyl sites for hydroxylation is 1. The summed E-state index contributed by atoms with van der Waals surface area (Å²) in [6, 6.07) is 1.66. The SMILES string of the molecule is CCc1cc(C(=O)O)c(NC(=O)C2C3CCCC32)s1. The molecule has 102 valence electrons. The van der Waals surface area contributed by atoms with E-state index in [1.54, 1.807) is 6.07 Å². The van der Waals surface area contributed by atoms with Gasteiger partial charge in [-0.25, -0.2) is 4.79 Å². The number of carbonyl (C=O) groups is 2. The summed E-state index contributed by atoms with van der Waals surface area (Å²) < 4.78 is 0. The summed E-state index contributed by atoms with van der Waals surface area (Å²) in [6.45, 7) is 1.98. The number of carboxylic acids is 1. The molecule has 0 saturated heterocycles. The van der Waals surface area contributed by atoms with Crippen LogP contribution in [0.1, 0.15) is 41.4 Å². The summed E-state index contributed by atoms with van der Waals surface area (Å²) in [7, 11) is 0. The molecule has 2 unspecified atom stereocenters. The summed E-state index contributed by atoms with van der Waals surface area (Å²) in [6.07, 6.45) is 4.33. The van der Waals surface area contributed by atoms with Crippen molar-refractivity contribution in [2.45, 2.75) is 32.6 Å². The molecule has 0 radical (unpaired) electrons. The Hall–Kier alpha value is -1.36. The van der Waals surface area contributed by atoms with Crippen molar-refractivity contribution >= 4 is 28.2 Å². The maximum atomic E-state index is 12.2. The van der Waals surface area contributed by atoms with E-state index in [1.807, 2.05) is 6.92 Å². The lowest BCUT2D eigenvalue weighted by atomic mass is 10.1. The zero-order chi connectivity index (χ0) is 13.6. The van der Waals surface area contributed by atoms with E-state index in [0.717, 1.165) is 24.1 Å². The van der Waals surface area contributed by atoms with Crippen LogP contribution in [0.4, 0.5) is 5.00 Å². The Morgan fingerprint density at radius 3 is 2.68 bits per heavy atom. The molecule has 5 heteroatoms. The largest absolute Gasteiger partial charge is 0.478 e. The Labute approximate surface area is 115 Å². The van der Waals surface area contributed by atoms with E-state index < -0.39 is 5.97 Å². The van der Waals surface area contributed by atoms with Gasteiger partial charge in [-0.2, -0.15) is 0 Å². The fraction of sp³-hybridized carbons (Fsp3) is 0.571. The van der Waals surface area contributed by atoms with E-state index in [0.29, 0.717) is 16.8 Å². The van der Waals surface area contributed by atoms with Crippen molar-refractivity contribution in [1.29, 1.82) is 0 Å². The number of amides is 1. The van der Waals surface area contributed by atoms with Crippen molar-refractivity contribution in [2.75, 3.05) is 5.32 Å². The molecule has 1 heterocycles. The van der Waals surface area contributed by atoms with Crippen LogP contribution in [0.5, 0.6) is 0 Å². The number of carbonyl (C=O) groups excluding carboxylic acids is 1. The van der Waals surface area contributed by atoms with Crippen molar-refractivity contribution in [3.8, 4) is 0 Å². The average molecular weight is 279 g/mol. The highest BCUT2D eigenvalue weighted by atomic mass is 32.1. The molecule has 2 aliphatic carbocycles. The van der Waals surface area contributed by atoms with Crippen molar-refractivity contribution < 1.29 is 14.7 Å².